The molecule has 0 saturated heterocycles. The van der Waals surface area contributed by atoms with Crippen molar-refractivity contribution < 1.29 is 4.79 Å². The van der Waals surface area contributed by atoms with Gasteiger partial charge in [0.1, 0.15) is 6.54 Å². The van der Waals surface area contributed by atoms with Gasteiger partial charge in [0.15, 0.2) is 0 Å². The lowest BCUT2D eigenvalue weighted by Crippen LogP contribution is -2.38. The molecule has 4 rings (SSSR count). The fourth-order valence-corrected chi connectivity index (χ4v) is 4.21. The lowest BCUT2D eigenvalue weighted by Gasteiger charge is -2.37. The van der Waals surface area contributed by atoms with Crippen LogP contribution in [-0.2, 0) is 16.8 Å². The Balaban J connectivity index is 1.57. The molecule has 3 aromatic rings. The standard InChI is InChI=1S/C23H25N3O2/c1-15-7-6-9-17-21(15)24-14-26(22(17)28)13-20(27)25-19-11-12-23(2,3)18-10-5-4-8-16(18)19/h4-10,14,19H,11-13H2,1-3H3,(H,25,27). The van der Waals surface area contributed by atoms with Crippen molar-refractivity contribution in [1.29, 1.82) is 0 Å². The summed E-state index contributed by atoms with van der Waals surface area (Å²) in [6, 6.07) is 13.8. The first kappa shape index (κ1) is 18.4. The van der Waals surface area contributed by atoms with Gasteiger partial charge in [0.2, 0.25) is 5.91 Å². The van der Waals surface area contributed by atoms with Gasteiger partial charge in [-0.2, -0.15) is 0 Å². The summed E-state index contributed by atoms with van der Waals surface area (Å²) in [6.07, 6.45) is 3.36. The topological polar surface area (TPSA) is 64.0 Å². The molecule has 0 spiro atoms. The summed E-state index contributed by atoms with van der Waals surface area (Å²) in [6.45, 7) is 6.38. The number of aromatic nitrogens is 2. The van der Waals surface area contributed by atoms with Crippen molar-refractivity contribution in [2.45, 2.75) is 51.6 Å². The Bertz CT molecular complexity index is 1110. The van der Waals surface area contributed by atoms with Crippen LogP contribution in [-0.4, -0.2) is 15.5 Å². The number of hydrogen-bond donors (Lipinski definition) is 1. The van der Waals surface area contributed by atoms with E-state index in [1.807, 2.05) is 31.2 Å². The molecular weight excluding hydrogens is 350 g/mol. The lowest BCUT2D eigenvalue weighted by atomic mass is 9.71. The third kappa shape index (κ3) is 3.21. The van der Waals surface area contributed by atoms with Gasteiger partial charge >= 0.3 is 0 Å². The van der Waals surface area contributed by atoms with Crippen LogP contribution in [0.4, 0.5) is 0 Å². The normalized spacial score (nSPS) is 17.9. The molecule has 0 bridgehead atoms. The minimum absolute atomic E-state index is 0.0249. The van der Waals surface area contributed by atoms with Crippen molar-refractivity contribution in [3.05, 3.63) is 75.8 Å². The van der Waals surface area contributed by atoms with Crippen molar-refractivity contribution >= 4 is 16.8 Å². The van der Waals surface area contributed by atoms with Gasteiger partial charge in [0.05, 0.1) is 23.3 Å². The van der Waals surface area contributed by atoms with E-state index in [-0.39, 0.29) is 29.5 Å². The summed E-state index contributed by atoms with van der Waals surface area (Å²) < 4.78 is 1.38. The van der Waals surface area contributed by atoms with E-state index in [9.17, 15) is 9.59 Å². The Morgan fingerprint density at radius 3 is 2.82 bits per heavy atom. The second-order valence-electron chi connectivity index (χ2n) is 8.28. The summed E-state index contributed by atoms with van der Waals surface area (Å²) in [5.74, 6) is -0.171. The highest BCUT2D eigenvalue weighted by molar-refractivity contribution is 5.81. The first-order chi connectivity index (χ1) is 13.4. The van der Waals surface area contributed by atoms with Crippen LogP contribution in [0.3, 0.4) is 0 Å². The van der Waals surface area contributed by atoms with E-state index in [0.29, 0.717) is 10.9 Å². The molecule has 28 heavy (non-hydrogen) atoms. The number of nitrogens with zero attached hydrogens (tertiary/aromatic N) is 2. The van der Waals surface area contributed by atoms with Crippen LogP contribution in [0, 0.1) is 6.92 Å². The van der Waals surface area contributed by atoms with Gasteiger partial charge in [0, 0.05) is 0 Å². The van der Waals surface area contributed by atoms with Crippen molar-refractivity contribution in [2.75, 3.05) is 0 Å². The van der Waals surface area contributed by atoms with Crippen LogP contribution >= 0.6 is 0 Å². The maximum absolute atomic E-state index is 12.7. The van der Waals surface area contributed by atoms with Crippen LogP contribution in [0.2, 0.25) is 0 Å². The molecule has 5 heteroatoms. The van der Waals surface area contributed by atoms with Gasteiger partial charge in [-0.1, -0.05) is 50.2 Å². The Morgan fingerprint density at radius 1 is 1.21 bits per heavy atom. The molecule has 0 radical (unpaired) electrons. The lowest BCUT2D eigenvalue weighted by molar-refractivity contribution is -0.122. The molecule has 2 aromatic carbocycles. The summed E-state index contributed by atoms with van der Waals surface area (Å²) in [5, 5.41) is 3.66. The number of amides is 1. The van der Waals surface area contributed by atoms with Crippen LogP contribution in [0.25, 0.3) is 10.9 Å². The summed E-state index contributed by atoms with van der Waals surface area (Å²) >= 11 is 0. The molecule has 1 heterocycles. The van der Waals surface area contributed by atoms with E-state index in [2.05, 4.69) is 36.3 Å². The van der Waals surface area contributed by atoms with Crippen molar-refractivity contribution in [1.82, 2.24) is 14.9 Å². The quantitative estimate of drug-likeness (QED) is 0.760. The highest BCUT2D eigenvalue weighted by atomic mass is 16.2. The predicted octanol–water partition coefficient (Wildman–Crippen LogP) is 3.63. The van der Waals surface area contributed by atoms with E-state index >= 15 is 0 Å². The molecule has 1 aliphatic carbocycles. The summed E-state index contributed by atoms with van der Waals surface area (Å²) in [5.41, 5.74) is 4.02. The van der Waals surface area contributed by atoms with E-state index in [1.165, 1.54) is 22.0 Å². The van der Waals surface area contributed by atoms with Gasteiger partial charge in [-0.15, -0.1) is 0 Å². The Labute approximate surface area is 164 Å². The molecule has 0 fully saturated rings. The van der Waals surface area contributed by atoms with Crippen molar-refractivity contribution in [3.8, 4) is 0 Å². The Morgan fingerprint density at radius 2 is 2.00 bits per heavy atom. The largest absolute Gasteiger partial charge is 0.348 e. The van der Waals surface area contributed by atoms with Crippen LogP contribution in [0.15, 0.2) is 53.6 Å². The molecule has 1 atom stereocenters. The molecule has 1 N–H and O–H groups in total. The van der Waals surface area contributed by atoms with Crippen molar-refractivity contribution in [2.24, 2.45) is 0 Å². The van der Waals surface area contributed by atoms with Gasteiger partial charge in [0.25, 0.3) is 5.56 Å². The number of carbonyl (C=O) groups excluding carboxylic acids is 1. The molecule has 1 amide bonds. The zero-order valence-corrected chi connectivity index (χ0v) is 16.5. The van der Waals surface area contributed by atoms with Gasteiger partial charge in [-0.05, 0) is 47.9 Å². The molecular formula is C23H25N3O2. The smallest absolute Gasteiger partial charge is 0.261 e. The second-order valence-corrected chi connectivity index (χ2v) is 8.28. The molecule has 1 aromatic heterocycles. The Kier molecular flexibility index (Phi) is 4.53. The monoisotopic (exact) mass is 375 g/mol. The number of aryl methyl sites for hydroxylation is 1. The van der Waals surface area contributed by atoms with Crippen LogP contribution in [0.5, 0.6) is 0 Å². The Hall–Kier alpha value is -2.95. The second kappa shape index (κ2) is 6.89. The van der Waals surface area contributed by atoms with E-state index in [4.69, 9.17) is 0 Å². The highest BCUT2D eigenvalue weighted by Gasteiger charge is 2.32. The fourth-order valence-electron chi connectivity index (χ4n) is 4.21. The van der Waals surface area contributed by atoms with Crippen LogP contribution in [0.1, 0.15) is 49.4 Å². The average Bonchev–Trinajstić information content (AvgIpc) is 2.67. The third-order valence-corrected chi connectivity index (χ3v) is 5.83. The number of fused-ring (bicyclic) bond motifs is 2. The number of rotatable bonds is 3. The maximum atomic E-state index is 12.7. The van der Waals surface area contributed by atoms with Crippen molar-refractivity contribution in [3.63, 3.8) is 0 Å². The first-order valence-electron chi connectivity index (χ1n) is 9.70. The first-order valence-corrected chi connectivity index (χ1v) is 9.70. The summed E-state index contributed by atoms with van der Waals surface area (Å²) in [7, 11) is 0. The minimum Gasteiger partial charge on any atom is -0.348 e. The molecule has 0 saturated carbocycles. The maximum Gasteiger partial charge on any atom is 0.261 e. The third-order valence-electron chi connectivity index (χ3n) is 5.83. The number of para-hydroxylation sites is 1. The van der Waals surface area contributed by atoms with Gasteiger partial charge < -0.3 is 5.32 Å². The predicted molar refractivity (Wildman–Crippen MR) is 110 cm³/mol. The number of hydrogen-bond acceptors (Lipinski definition) is 3. The zero-order chi connectivity index (χ0) is 19.9. The van der Waals surface area contributed by atoms with E-state index in [0.717, 1.165) is 18.4 Å². The highest BCUT2D eigenvalue weighted by Crippen LogP contribution is 2.41. The molecule has 1 unspecified atom stereocenters. The number of carbonyl (C=O) groups is 1. The molecule has 1 aliphatic rings. The van der Waals surface area contributed by atoms with Crippen LogP contribution < -0.4 is 10.9 Å². The number of benzene rings is 2. The van der Waals surface area contributed by atoms with Gasteiger partial charge in [-0.3, -0.25) is 14.2 Å². The van der Waals surface area contributed by atoms with Gasteiger partial charge in [-0.25, -0.2) is 4.98 Å². The zero-order valence-electron chi connectivity index (χ0n) is 16.5. The van der Waals surface area contributed by atoms with E-state index in [1.54, 1.807) is 6.07 Å². The molecule has 144 valence electrons. The SMILES string of the molecule is Cc1cccc2c(=O)n(CC(=O)NC3CCC(C)(C)c4ccccc43)cnc12. The molecule has 0 aliphatic heterocycles. The fraction of sp³-hybridized carbons (Fsp3) is 0.348. The summed E-state index contributed by atoms with van der Waals surface area (Å²) in [4.78, 5) is 29.8. The number of nitrogens with one attached hydrogen (secondary N) is 1. The average molecular weight is 375 g/mol. The minimum atomic E-state index is -0.186. The molecule has 5 nitrogen and oxygen atoms in total. The van der Waals surface area contributed by atoms with E-state index < -0.39 is 0 Å².